The lowest BCUT2D eigenvalue weighted by Gasteiger charge is -2.05. The smallest absolute Gasteiger partial charge is 0.166 e. The highest BCUT2D eigenvalue weighted by molar-refractivity contribution is 5.44. The number of hydrogen-bond donors (Lipinski definition) is 1. The number of pyridine rings is 1. The third-order valence-electron chi connectivity index (χ3n) is 1.97. The first-order chi connectivity index (χ1) is 5.86. The van der Waals surface area contributed by atoms with Crippen LogP contribution in [-0.4, -0.2) is 11.6 Å². The largest absolute Gasteiger partial charge is 0.489 e. The Morgan fingerprint density at radius 1 is 1.58 bits per heavy atom. The van der Waals surface area contributed by atoms with Crippen molar-refractivity contribution in [3.8, 4) is 5.75 Å². The second-order valence-electron chi connectivity index (χ2n) is 3.14. The van der Waals surface area contributed by atoms with Crippen molar-refractivity contribution in [1.29, 1.82) is 0 Å². The van der Waals surface area contributed by atoms with Crippen LogP contribution in [0.3, 0.4) is 0 Å². The maximum atomic E-state index is 5.59. The van der Waals surface area contributed by atoms with Crippen LogP contribution in [0.25, 0.3) is 0 Å². The number of anilines is 1. The molecule has 1 fully saturated rings. The molecule has 12 heavy (non-hydrogen) atoms. The molecule has 1 aromatic rings. The molecule has 0 spiro atoms. The van der Waals surface area contributed by atoms with Gasteiger partial charge in [-0.15, -0.1) is 0 Å². The average molecular weight is 164 g/mol. The van der Waals surface area contributed by atoms with Crippen molar-refractivity contribution in [2.45, 2.75) is 12.8 Å². The maximum absolute atomic E-state index is 5.59. The van der Waals surface area contributed by atoms with Crippen LogP contribution < -0.4 is 10.5 Å². The van der Waals surface area contributed by atoms with Gasteiger partial charge in [-0.1, -0.05) is 0 Å². The number of aromatic nitrogens is 1. The predicted molar refractivity (Wildman–Crippen MR) is 46.9 cm³/mol. The Bertz CT molecular complexity index is 271. The molecule has 0 bridgehead atoms. The summed E-state index contributed by atoms with van der Waals surface area (Å²) >= 11 is 0. The summed E-state index contributed by atoms with van der Waals surface area (Å²) in [5.74, 6) is 1.95. The molecule has 3 heteroatoms. The quantitative estimate of drug-likeness (QED) is 0.735. The van der Waals surface area contributed by atoms with E-state index < -0.39 is 0 Å². The van der Waals surface area contributed by atoms with Crippen molar-refractivity contribution in [3.63, 3.8) is 0 Å². The fourth-order valence-corrected chi connectivity index (χ4v) is 1.02. The van der Waals surface area contributed by atoms with E-state index in [4.69, 9.17) is 10.5 Å². The molecule has 1 heterocycles. The first-order valence-electron chi connectivity index (χ1n) is 4.19. The summed E-state index contributed by atoms with van der Waals surface area (Å²) in [5, 5.41) is 0. The number of nitrogens with two attached hydrogens (primary N) is 1. The monoisotopic (exact) mass is 164 g/mol. The second kappa shape index (κ2) is 3.01. The van der Waals surface area contributed by atoms with Crippen molar-refractivity contribution < 1.29 is 4.74 Å². The van der Waals surface area contributed by atoms with Crippen molar-refractivity contribution in [2.75, 3.05) is 12.3 Å². The van der Waals surface area contributed by atoms with Gasteiger partial charge in [0.1, 0.15) is 0 Å². The fourth-order valence-electron chi connectivity index (χ4n) is 1.02. The van der Waals surface area contributed by atoms with E-state index in [0.717, 1.165) is 12.5 Å². The summed E-state index contributed by atoms with van der Waals surface area (Å²) in [6.45, 7) is 0.788. The summed E-state index contributed by atoms with van der Waals surface area (Å²) in [6.07, 6.45) is 4.25. The molecule has 2 rings (SSSR count). The highest BCUT2D eigenvalue weighted by Crippen LogP contribution is 2.30. The van der Waals surface area contributed by atoms with Crippen LogP contribution in [0.5, 0.6) is 5.75 Å². The van der Waals surface area contributed by atoms with Crippen molar-refractivity contribution in [1.82, 2.24) is 4.98 Å². The van der Waals surface area contributed by atoms with Crippen LogP contribution in [0.1, 0.15) is 12.8 Å². The zero-order valence-electron chi connectivity index (χ0n) is 6.86. The molecular weight excluding hydrogens is 152 g/mol. The first kappa shape index (κ1) is 7.40. The van der Waals surface area contributed by atoms with Crippen molar-refractivity contribution in [2.24, 2.45) is 5.92 Å². The van der Waals surface area contributed by atoms with Gasteiger partial charge in [-0.25, -0.2) is 4.98 Å². The predicted octanol–water partition coefficient (Wildman–Crippen LogP) is 1.45. The van der Waals surface area contributed by atoms with E-state index >= 15 is 0 Å². The standard InChI is InChI=1S/C9H12N2O/c10-9-8(2-1-5-11-9)12-6-7-3-4-7/h1-2,5,7H,3-4,6H2,(H2,10,11). The summed E-state index contributed by atoms with van der Waals surface area (Å²) in [7, 11) is 0. The SMILES string of the molecule is Nc1ncccc1OCC1CC1. The number of ether oxygens (including phenoxy) is 1. The number of rotatable bonds is 3. The van der Waals surface area contributed by atoms with Crippen molar-refractivity contribution in [3.05, 3.63) is 18.3 Å². The van der Waals surface area contributed by atoms with E-state index in [1.54, 1.807) is 6.20 Å². The Morgan fingerprint density at radius 2 is 2.42 bits per heavy atom. The zero-order chi connectivity index (χ0) is 8.39. The molecule has 1 aromatic heterocycles. The molecule has 2 N–H and O–H groups in total. The van der Waals surface area contributed by atoms with Gasteiger partial charge in [-0.05, 0) is 30.9 Å². The number of nitrogen functional groups attached to an aromatic ring is 1. The van der Waals surface area contributed by atoms with E-state index in [0.29, 0.717) is 11.6 Å². The van der Waals surface area contributed by atoms with Gasteiger partial charge >= 0.3 is 0 Å². The number of nitrogens with zero attached hydrogens (tertiary/aromatic N) is 1. The zero-order valence-corrected chi connectivity index (χ0v) is 6.86. The van der Waals surface area contributed by atoms with Gasteiger partial charge in [0.15, 0.2) is 11.6 Å². The lowest BCUT2D eigenvalue weighted by Crippen LogP contribution is -2.02. The molecule has 1 aliphatic rings. The minimum atomic E-state index is 0.484. The van der Waals surface area contributed by atoms with Crippen molar-refractivity contribution >= 4 is 5.82 Å². The number of hydrogen-bond acceptors (Lipinski definition) is 3. The highest BCUT2D eigenvalue weighted by Gasteiger charge is 2.22. The topological polar surface area (TPSA) is 48.1 Å². The molecule has 1 saturated carbocycles. The molecular formula is C9H12N2O. The average Bonchev–Trinajstić information content (AvgIpc) is 2.86. The Morgan fingerprint density at radius 3 is 3.08 bits per heavy atom. The molecule has 0 amide bonds. The Hall–Kier alpha value is -1.25. The third kappa shape index (κ3) is 1.67. The van der Waals surface area contributed by atoms with E-state index in [9.17, 15) is 0 Å². The van der Waals surface area contributed by atoms with Gasteiger partial charge in [-0.3, -0.25) is 0 Å². The van der Waals surface area contributed by atoms with Crippen LogP contribution in [0, 0.1) is 5.92 Å². The fraction of sp³-hybridized carbons (Fsp3) is 0.444. The minimum Gasteiger partial charge on any atom is -0.489 e. The second-order valence-corrected chi connectivity index (χ2v) is 3.14. The van der Waals surface area contributed by atoms with Crippen LogP contribution in [0.15, 0.2) is 18.3 Å². The normalized spacial score (nSPS) is 16.0. The maximum Gasteiger partial charge on any atom is 0.166 e. The lowest BCUT2D eigenvalue weighted by molar-refractivity contribution is 0.300. The molecule has 64 valence electrons. The van der Waals surface area contributed by atoms with Gasteiger partial charge in [-0.2, -0.15) is 0 Å². The lowest BCUT2D eigenvalue weighted by atomic mass is 10.4. The molecule has 0 aliphatic heterocycles. The molecule has 0 atom stereocenters. The van der Waals surface area contributed by atoms with Crippen LogP contribution in [0.2, 0.25) is 0 Å². The van der Waals surface area contributed by atoms with Gasteiger partial charge in [0.2, 0.25) is 0 Å². The molecule has 3 nitrogen and oxygen atoms in total. The minimum absolute atomic E-state index is 0.484. The van der Waals surface area contributed by atoms with Gasteiger partial charge < -0.3 is 10.5 Å². The van der Waals surface area contributed by atoms with Crippen LogP contribution in [-0.2, 0) is 0 Å². The molecule has 0 saturated heterocycles. The summed E-state index contributed by atoms with van der Waals surface area (Å²) in [6, 6.07) is 3.68. The molecule has 1 aliphatic carbocycles. The van der Waals surface area contributed by atoms with Crippen LogP contribution >= 0.6 is 0 Å². The summed E-state index contributed by atoms with van der Waals surface area (Å²) in [5.41, 5.74) is 5.59. The Kier molecular flexibility index (Phi) is 1.86. The third-order valence-corrected chi connectivity index (χ3v) is 1.97. The Labute approximate surface area is 71.6 Å². The van der Waals surface area contributed by atoms with Gasteiger partial charge in [0.25, 0.3) is 0 Å². The molecule has 0 radical (unpaired) electrons. The van der Waals surface area contributed by atoms with E-state index in [-0.39, 0.29) is 0 Å². The van der Waals surface area contributed by atoms with Gasteiger partial charge in [0.05, 0.1) is 6.61 Å². The summed E-state index contributed by atoms with van der Waals surface area (Å²) < 4.78 is 5.47. The van der Waals surface area contributed by atoms with E-state index in [1.807, 2.05) is 12.1 Å². The first-order valence-corrected chi connectivity index (χ1v) is 4.19. The van der Waals surface area contributed by atoms with E-state index in [1.165, 1.54) is 12.8 Å². The highest BCUT2D eigenvalue weighted by atomic mass is 16.5. The Balaban J connectivity index is 1.96. The van der Waals surface area contributed by atoms with Gasteiger partial charge in [0, 0.05) is 6.20 Å². The van der Waals surface area contributed by atoms with Crippen LogP contribution in [0.4, 0.5) is 5.82 Å². The molecule has 0 unspecified atom stereocenters. The summed E-state index contributed by atoms with van der Waals surface area (Å²) in [4.78, 5) is 3.93. The van der Waals surface area contributed by atoms with E-state index in [2.05, 4.69) is 4.98 Å². The molecule has 0 aromatic carbocycles.